The van der Waals surface area contributed by atoms with Gasteiger partial charge >= 0.3 is 0 Å². The fraction of sp³-hybridized carbons (Fsp3) is 0.0492. The normalized spacial score (nSPS) is 12.5. The Morgan fingerprint density at radius 3 is 1.44 bits per heavy atom. The molecular formula is C61H45N. The van der Waals surface area contributed by atoms with Gasteiger partial charge in [-0.2, -0.15) is 0 Å². The summed E-state index contributed by atoms with van der Waals surface area (Å²) in [5.41, 5.74) is 20.6. The van der Waals surface area contributed by atoms with Crippen molar-refractivity contribution in [3.8, 4) is 66.8 Å². The molecule has 0 unspecified atom stereocenters. The van der Waals surface area contributed by atoms with Crippen LogP contribution in [0.3, 0.4) is 0 Å². The molecular weight excluding hydrogens is 747 g/mol. The Labute approximate surface area is 364 Å². The summed E-state index contributed by atoms with van der Waals surface area (Å²) in [6, 6.07) is 86.6. The number of hydrogen-bond donors (Lipinski definition) is 0. The topological polar surface area (TPSA) is 3.24 Å². The highest BCUT2D eigenvalue weighted by atomic mass is 15.1. The van der Waals surface area contributed by atoms with Crippen molar-refractivity contribution in [1.29, 1.82) is 0 Å². The molecule has 0 aliphatic heterocycles. The van der Waals surface area contributed by atoms with E-state index in [1.54, 1.807) is 0 Å². The Balaban J connectivity index is 1.01. The number of anilines is 3. The summed E-state index contributed by atoms with van der Waals surface area (Å²) in [4.78, 5) is 2.45. The minimum Gasteiger partial charge on any atom is -0.310 e. The van der Waals surface area contributed by atoms with Crippen molar-refractivity contribution in [2.75, 3.05) is 4.90 Å². The van der Waals surface area contributed by atoms with Gasteiger partial charge < -0.3 is 4.90 Å². The fourth-order valence-electron chi connectivity index (χ4n) is 9.54. The van der Waals surface area contributed by atoms with Gasteiger partial charge in [-0.3, -0.25) is 0 Å². The molecule has 1 aliphatic carbocycles. The number of benzene rings is 10. The van der Waals surface area contributed by atoms with Crippen LogP contribution in [0.2, 0.25) is 0 Å². The molecule has 62 heavy (non-hydrogen) atoms. The van der Waals surface area contributed by atoms with Gasteiger partial charge in [0.15, 0.2) is 0 Å². The van der Waals surface area contributed by atoms with E-state index < -0.39 is 0 Å². The van der Waals surface area contributed by atoms with Gasteiger partial charge in [-0.05, 0) is 132 Å². The van der Waals surface area contributed by atoms with E-state index in [4.69, 9.17) is 0 Å². The lowest BCUT2D eigenvalue weighted by Gasteiger charge is -2.30. The summed E-state index contributed by atoms with van der Waals surface area (Å²) in [5.74, 6) is 0. The van der Waals surface area contributed by atoms with E-state index in [-0.39, 0.29) is 5.41 Å². The first-order valence-electron chi connectivity index (χ1n) is 21.6. The molecule has 0 amide bonds. The maximum absolute atomic E-state index is 2.45. The van der Waals surface area contributed by atoms with E-state index in [1.807, 2.05) is 0 Å². The Morgan fingerprint density at radius 1 is 0.274 bits per heavy atom. The second kappa shape index (κ2) is 15.4. The SMILES string of the molecule is CC1(C)c2cc(-c3ccc4ccccc4c3)ccc2-c2ccc(N(c3ccc(-c4ccc(-c5ccccc5)cc4)cc3)c3ccccc3-c3cccc(-c4ccccc4)c3)cc21. The van der Waals surface area contributed by atoms with Crippen LogP contribution in [0.4, 0.5) is 17.1 Å². The number of nitrogens with zero attached hydrogens (tertiary/aromatic N) is 1. The number of hydrogen-bond acceptors (Lipinski definition) is 1. The summed E-state index contributed by atoms with van der Waals surface area (Å²) < 4.78 is 0. The second-order valence-corrected chi connectivity index (χ2v) is 17.0. The molecule has 0 saturated heterocycles. The van der Waals surface area contributed by atoms with Crippen LogP contribution in [0.15, 0.2) is 237 Å². The highest BCUT2D eigenvalue weighted by molar-refractivity contribution is 5.93. The lowest BCUT2D eigenvalue weighted by molar-refractivity contribution is 0.660. The molecule has 294 valence electrons. The number of fused-ring (bicyclic) bond motifs is 4. The highest BCUT2D eigenvalue weighted by Gasteiger charge is 2.36. The lowest BCUT2D eigenvalue weighted by atomic mass is 9.81. The summed E-state index contributed by atoms with van der Waals surface area (Å²) >= 11 is 0. The van der Waals surface area contributed by atoms with E-state index in [1.165, 1.54) is 88.7 Å². The molecule has 0 atom stereocenters. The predicted molar refractivity (Wildman–Crippen MR) is 263 cm³/mol. The predicted octanol–water partition coefficient (Wildman–Crippen LogP) is 17.0. The molecule has 0 radical (unpaired) electrons. The molecule has 1 nitrogen and oxygen atoms in total. The van der Waals surface area contributed by atoms with Gasteiger partial charge in [0, 0.05) is 22.4 Å². The molecule has 0 saturated carbocycles. The number of rotatable bonds is 8. The van der Waals surface area contributed by atoms with Gasteiger partial charge in [0.25, 0.3) is 0 Å². The van der Waals surface area contributed by atoms with Gasteiger partial charge in [0.1, 0.15) is 0 Å². The van der Waals surface area contributed by atoms with Crippen LogP contribution in [0.25, 0.3) is 77.5 Å². The molecule has 1 aliphatic rings. The van der Waals surface area contributed by atoms with Crippen molar-refractivity contribution in [2.24, 2.45) is 0 Å². The molecule has 1 heteroatoms. The molecule has 10 aromatic carbocycles. The van der Waals surface area contributed by atoms with Crippen molar-refractivity contribution < 1.29 is 0 Å². The van der Waals surface area contributed by atoms with E-state index in [9.17, 15) is 0 Å². The van der Waals surface area contributed by atoms with Crippen LogP contribution in [0, 0.1) is 0 Å². The van der Waals surface area contributed by atoms with Crippen LogP contribution in [0.5, 0.6) is 0 Å². The minimum absolute atomic E-state index is 0.210. The van der Waals surface area contributed by atoms with Crippen LogP contribution in [-0.2, 0) is 5.41 Å². The smallest absolute Gasteiger partial charge is 0.0540 e. The maximum Gasteiger partial charge on any atom is 0.0540 e. The molecule has 0 fully saturated rings. The van der Waals surface area contributed by atoms with Gasteiger partial charge in [0.2, 0.25) is 0 Å². The van der Waals surface area contributed by atoms with E-state index in [0.717, 1.165) is 17.1 Å². The molecule has 0 N–H and O–H groups in total. The molecule has 0 aromatic heterocycles. The van der Waals surface area contributed by atoms with Crippen molar-refractivity contribution in [3.05, 3.63) is 248 Å². The largest absolute Gasteiger partial charge is 0.310 e. The van der Waals surface area contributed by atoms with Crippen molar-refractivity contribution in [2.45, 2.75) is 19.3 Å². The Morgan fingerprint density at radius 2 is 0.726 bits per heavy atom. The van der Waals surface area contributed by atoms with Gasteiger partial charge in [-0.25, -0.2) is 0 Å². The van der Waals surface area contributed by atoms with Crippen molar-refractivity contribution in [3.63, 3.8) is 0 Å². The van der Waals surface area contributed by atoms with Crippen LogP contribution >= 0.6 is 0 Å². The molecule has 10 aromatic rings. The maximum atomic E-state index is 2.45. The summed E-state index contributed by atoms with van der Waals surface area (Å²) in [7, 11) is 0. The molecule has 0 bridgehead atoms. The molecule has 11 rings (SSSR count). The first-order chi connectivity index (χ1) is 30.5. The third-order valence-corrected chi connectivity index (χ3v) is 12.9. The monoisotopic (exact) mass is 791 g/mol. The first kappa shape index (κ1) is 37.3. The van der Waals surface area contributed by atoms with Crippen LogP contribution in [0.1, 0.15) is 25.0 Å². The van der Waals surface area contributed by atoms with E-state index >= 15 is 0 Å². The quantitative estimate of drug-likeness (QED) is 0.148. The summed E-state index contributed by atoms with van der Waals surface area (Å²) in [6.07, 6.45) is 0. The van der Waals surface area contributed by atoms with Crippen molar-refractivity contribution >= 4 is 27.8 Å². The average molecular weight is 792 g/mol. The number of para-hydroxylation sites is 1. The highest BCUT2D eigenvalue weighted by Crippen LogP contribution is 2.52. The Hall–Kier alpha value is -7.74. The average Bonchev–Trinajstić information content (AvgIpc) is 3.57. The molecule has 0 spiro atoms. The van der Waals surface area contributed by atoms with Crippen molar-refractivity contribution in [1.82, 2.24) is 0 Å². The molecule has 0 heterocycles. The first-order valence-corrected chi connectivity index (χ1v) is 21.6. The van der Waals surface area contributed by atoms with Crippen LogP contribution in [-0.4, -0.2) is 0 Å². The van der Waals surface area contributed by atoms with Crippen LogP contribution < -0.4 is 4.90 Å². The van der Waals surface area contributed by atoms with E-state index in [2.05, 4.69) is 255 Å². The minimum atomic E-state index is -0.210. The lowest BCUT2D eigenvalue weighted by Crippen LogP contribution is -2.17. The van der Waals surface area contributed by atoms with Gasteiger partial charge in [0.05, 0.1) is 5.69 Å². The third kappa shape index (κ3) is 6.69. The Bertz CT molecular complexity index is 3230. The van der Waals surface area contributed by atoms with Gasteiger partial charge in [-0.1, -0.05) is 202 Å². The zero-order chi connectivity index (χ0) is 41.6. The summed E-state index contributed by atoms with van der Waals surface area (Å²) in [6.45, 7) is 4.77. The van der Waals surface area contributed by atoms with E-state index in [0.29, 0.717) is 0 Å². The fourth-order valence-corrected chi connectivity index (χ4v) is 9.54. The zero-order valence-corrected chi connectivity index (χ0v) is 35.0. The Kier molecular flexibility index (Phi) is 9.24. The zero-order valence-electron chi connectivity index (χ0n) is 35.0. The second-order valence-electron chi connectivity index (χ2n) is 17.0. The third-order valence-electron chi connectivity index (χ3n) is 12.9. The standard InChI is InChI=1S/C61H45N/c1-61(2)58-40-51(50-29-28-44-18-9-10-19-48(44)38-50)32-36-56(58)57-37-35-54(41-59(57)61)62(53-33-30-47(31-34-53)46-26-24-45(25-27-46)42-14-5-3-6-15-42)60-23-12-11-22-55(60)52-21-13-20-49(39-52)43-16-7-4-8-17-43/h3-41H,1-2H3. The summed E-state index contributed by atoms with van der Waals surface area (Å²) in [5, 5.41) is 2.53. The van der Waals surface area contributed by atoms with Gasteiger partial charge in [-0.15, -0.1) is 0 Å².